The van der Waals surface area contributed by atoms with Gasteiger partial charge in [0.15, 0.2) is 0 Å². The van der Waals surface area contributed by atoms with Gasteiger partial charge in [-0.25, -0.2) is 0 Å². The second-order valence-electron chi connectivity index (χ2n) is 11.8. The van der Waals surface area contributed by atoms with E-state index in [1.54, 1.807) is 7.11 Å². The highest BCUT2D eigenvalue weighted by Gasteiger charge is 2.07. The smallest absolute Gasteiger partial charge is 0.119 e. The lowest BCUT2D eigenvalue weighted by Gasteiger charge is -2.09. The average molecular weight is 621 g/mol. The molecule has 0 aliphatic heterocycles. The molecule has 0 fully saturated rings. The minimum absolute atomic E-state index is 0.861. The fourth-order valence-electron chi connectivity index (χ4n) is 6.20. The normalized spacial score (nSPS) is 10.8. The van der Waals surface area contributed by atoms with Crippen LogP contribution in [0.3, 0.4) is 0 Å². The van der Waals surface area contributed by atoms with Crippen molar-refractivity contribution in [3.63, 3.8) is 0 Å². The van der Waals surface area contributed by atoms with Crippen molar-refractivity contribution in [1.29, 1.82) is 0 Å². The number of hydrogen-bond acceptors (Lipinski definition) is 3. The average Bonchev–Trinajstić information content (AvgIpc) is 3.16. The number of nitrogens with zero attached hydrogens (tertiary/aromatic N) is 2. The molecule has 0 saturated heterocycles. The quantitative estimate of drug-likeness (QED) is 0.178. The number of benzene rings is 6. The van der Waals surface area contributed by atoms with Crippen LogP contribution in [0.2, 0.25) is 0 Å². The predicted molar refractivity (Wildman–Crippen MR) is 199 cm³/mol. The van der Waals surface area contributed by atoms with Crippen molar-refractivity contribution >= 4 is 21.8 Å². The van der Waals surface area contributed by atoms with Gasteiger partial charge in [0.25, 0.3) is 0 Å². The van der Waals surface area contributed by atoms with Gasteiger partial charge in [-0.3, -0.25) is 9.97 Å². The third kappa shape index (κ3) is 7.16. The number of hydrogen-bond donors (Lipinski definition) is 0. The first-order valence-electron chi connectivity index (χ1n) is 16.3. The Kier molecular flexibility index (Phi) is 9.29. The number of aromatic nitrogens is 2. The maximum Gasteiger partial charge on any atom is 0.119 e. The Labute approximate surface area is 282 Å². The van der Waals surface area contributed by atoms with E-state index in [0.29, 0.717) is 0 Å². The molecule has 2 aromatic heterocycles. The van der Waals surface area contributed by atoms with Crippen molar-refractivity contribution < 1.29 is 4.74 Å². The van der Waals surface area contributed by atoms with Gasteiger partial charge in [-0.05, 0) is 93.7 Å². The van der Waals surface area contributed by atoms with Gasteiger partial charge in [-0.15, -0.1) is 0 Å². The van der Waals surface area contributed by atoms with E-state index in [1.807, 2.05) is 36.7 Å². The lowest BCUT2D eigenvalue weighted by atomic mass is 9.97. The molecule has 0 radical (unpaired) electrons. The minimum Gasteiger partial charge on any atom is -0.497 e. The van der Waals surface area contributed by atoms with Crippen LogP contribution in [-0.4, -0.2) is 17.1 Å². The largest absolute Gasteiger partial charge is 0.497 e. The maximum absolute atomic E-state index is 5.38. The number of fused-ring (bicyclic) bond motifs is 2. The van der Waals surface area contributed by atoms with E-state index in [-0.39, 0.29) is 0 Å². The van der Waals surface area contributed by atoms with Crippen LogP contribution in [-0.2, 0) is 12.8 Å². The Morgan fingerprint density at radius 3 is 1.50 bits per heavy atom. The summed E-state index contributed by atoms with van der Waals surface area (Å²) >= 11 is 0. The summed E-state index contributed by atoms with van der Waals surface area (Å²) in [6, 6.07) is 57.1. The highest BCUT2D eigenvalue weighted by Crippen LogP contribution is 2.27. The van der Waals surface area contributed by atoms with Crippen LogP contribution in [0.4, 0.5) is 0 Å². The van der Waals surface area contributed by atoms with Crippen molar-refractivity contribution in [2.45, 2.75) is 12.8 Å². The summed E-state index contributed by atoms with van der Waals surface area (Å²) in [6.45, 7) is 0. The van der Waals surface area contributed by atoms with Gasteiger partial charge < -0.3 is 4.74 Å². The van der Waals surface area contributed by atoms with Crippen LogP contribution in [0.5, 0.6) is 5.75 Å². The number of rotatable bonds is 7. The highest BCUT2D eigenvalue weighted by atomic mass is 16.5. The first kappa shape index (κ1) is 30.6. The molecule has 0 bridgehead atoms. The molecule has 0 amide bonds. The summed E-state index contributed by atoms with van der Waals surface area (Å²) in [5, 5.41) is 2.38. The molecule has 232 valence electrons. The van der Waals surface area contributed by atoms with Crippen molar-refractivity contribution in [2.75, 3.05) is 7.11 Å². The third-order valence-corrected chi connectivity index (χ3v) is 8.64. The summed E-state index contributed by atoms with van der Waals surface area (Å²) < 4.78 is 5.38. The van der Waals surface area contributed by atoms with Gasteiger partial charge in [-0.1, -0.05) is 127 Å². The Hall–Kier alpha value is -6.06. The molecule has 0 N–H and O–H groups in total. The van der Waals surface area contributed by atoms with Crippen molar-refractivity contribution in [3.05, 3.63) is 198 Å². The molecule has 6 aromatic carbocycles. The minimum atomic E-state index is 0.861. The van der Waals surface area contributed by atoms with Gasteiger partial charge in [0.05, 0.1) is 18.1 Å². The van der Waals surface area contributed by atoms with E-state index >= 15 is 0 Å². The SMILES string of the molecule is COc1ccc2nccc(Cc3cccc(-c4ccccc4)c3)c2c1.c1ccc(-c2cccc(Cc3ccnc4ccccc34)c2)cc1. The maximum atomic E-state index is 5.38. The lowest BCUT2D eigenvalue weighted by Crippen LogP contribution is -1.93. The second kappa shape index (κ2) is 14.6. The van der Waals surface area contributed by atoms with E-state index in [4.69, 9.17) is 4.74 Å². The number of para-hydroxylation sites is 1. The van der Waals surface area contributed by atoms with Crippen molar-refractivity contribution in [1.82, 2.24) is 9.97 Å². The molecule has 0 atom stereocenters. The Bertz CT molecular complexity index is 2270. The molecule has 3 heteroatoms. The molecule has 0 saturated carbocycles. The zero-order valence-corrected chi connectivity index (χ0v) is 27.0. The summed E-state index contributed by atoms with van der Waals surface area (Å²) in [5.74, 6) is 0.861. The Balaban J connectivity index is 0.000000152. The van der Waals surface area contributed by atoms with Crippen molar-refractivity contribution in [2.24, 2.45) is 0 Å². The van der Waals surface area contributed by atoms with Crippen LogP contribution < -0.4 is 4.74 Å². The molecule has 48 heavy (non-hydrogen) atoms. The molecular formula is C45H36N2O. The molecule has 0 unspecified atom stereocenters. The topological polar surface area (TPSA) is 35.0 Å². The molecule has 3 nitrogen and oxygen atoms in total. The second-order valence-corrected chi connectivity index (χ2v) is 11.8. The summed E-state index contributed by atoms with van der Waals surface area (Å²) in [6.07, 6.45) is 5.57. The van der Waals surface area contributed by atoms with E-state index in [1.165, 1.54) is 49.9 Å². The van der Waals surface area contributed by atoms with Crippen LogP contribution >= 0.6 is 0 Å². The zero-order chi connectivity index (χ0) is 32.5. The lowest BCUT2D eigenvalue weighted by molar-refractivity contribution is 0.415. The van der Waals surface area contributed by atoms with Crippen LogP contribution in [0.15, 0.2) is 176 Å². The van der Waals surface area contributed by atoms with Crippen LogP contribution in [0, 0.1) is 0 Å². The Morgan fingerprint density at radius 1 is 0.417 bits per heavy atom. The molecule has 2 heterocycles. The number of methoxy groups -OCH3 is 1. The number of pyridine rings is 2. The number of ether oxygens (including phenoxy) is 1. The van der Waals surface area contributed by atoms with Crippen LogP contribution in [0.25, 0.3) is 44.1 Å². The van der Waals surface area contributed by atoms with Gasteiger partial charge in [0.2, 0.25) is 0 Å². The molecule has 0 aliphatic rings. The van der Waals surface area contributed by atoms with Crippen LogP contribution in [0.1, 0.15) is 22.3 Å². The Morgan fingerprint density at radius 2 is 0.917 bits per heavy atom. The van der Waals surface area contributed by atoms with Gasteiger partial charge >= 0.3 is 0 Å². The third-order valence-electron chi connectivity index (χ3n) is 8.64. The van der Waals surface area contributed by atoms with Gasteiger partial charge in [-0.2, -0.15) is 0 Å². The fourth-order valence-corrected chi connectivity index (χ4v) is 6.20. The van der Waals surface area contributed by atoms with Crippen molar-refractivity contribution in [3.8, 4) is 28.0 Å². The monoisotopic (exact) mass is 620 g/mol. The van der Waals surface area contributed by atoms with Gasteiger partial charge in [0.1, 0.15) is 5.75 Å². The first-order valence-corrected chi connectivity index (χ1v) is 16.3. The molecule has 8 aromatic rings. The molecular weight excluding hydrogens is 585 g/mol. The summed E-state index contributed by atoms with van der Waals surface area (Å²) in [5.41, 5.74) is 12.3. The van der Waals surface area contributed by atoms with E-state index in [9.17, 15) is 0 Å². The first-order chi connectivity index (χ1) is 23.7. The molecule has 8 rings (SSSR count). The zero-order valence-electron chi connectivity index (χ0n) is 27.0. The standard InChI is InChI=1S/C23H19NO.C22H17N/c1-25-21-10-11-23-22(16-21)20(12-13-24-23)15-17-6-5-9-19(14-17)18-7-3-2-4-8-18;1-2-8-18(9-3-1)19-10-6-7-17(15-19)16-20-13-14-23-22-12-5-4-11-21(20)22/h2-14,16H,15H2,1H3;1-15H,16H2. The summed E-state index contributed by atoms with van der Waals surface area (Å²) in [4.78, 5) is 8.92. The fraction of sp³-hybridized carbons (Fsp3) is 0.0667. The predicted octanol–water partition coefficient (Wildman–Crippen LogP) is 11.0. The van der Waals surface area contributed by atoms with E-state index < -0.39 is 0 Å². The van der Waals surface area contributed by atoms with E-state index in [2.05, 4.69) is 149 Å². The van der Waals surface area contributed by atoms with E-state index in [0.717, 1.165) is 35.0 Å². The highest BCUT2D eigenvalue weighted by molar-refractivity contribution is 5.84. The summed E-state index contributed by atoms with van der Waals surface area (Å²) in [7, 11) is 1.69. The molecule has 0 spiro atoms. The molecule has 0 aliphatic carbocycles. The van der Waals surface area contributed by atoms with Gasteiger partial charge in [0, 0.05) is 23.2 Å².